The Morgan fingerprint density at radius 1 is 1.20 bits per heavy atom. The minimum absolute atomic E-state index is 0.0577. The van der Waals surface area contributed by atoms with Crippen molar-refractivity contribution in [3.8, 4) is 0 Å². The molecule has 0 fully saturated rings. The molecule has 4 heteroatoms. The lowest BCUT2D eigenvalue weighted by Crippen LogP contribution is -2.26. The molecule has 104 valence electrons. The summed E-state index contributed by atoms with van der Waals surface area (Å²) in [5.74, 6) is -0.151. The number of amides is 1. The van der Waals surface area contributed by atoms with Crippen LogP contribution >= 0.6 is 23.4 Å². The van der Waals surface area contributed by atoms with Crippen molar-refractivity contribution in [2.45, 2.75) is 17.9 Å². The van der Waals surface area contributed by atoms with Gasteiger partial charge in [-0.2, -0.15) is 0 Å². The van der Waals surface area contributed by atoms with E-state index in [9.17, 15) is 4.79 Å². The predicted molar refractivity (Wildman–Crippen MR) is 85.6 cm³/mol. The lowest BCUT2D eigenvalue weighted by molar-refractivity contribution is 0.0940. The summed E-state index contributed by atoms with van der Waals surface area (Å²) in [6.45, 7) is 1.96. The molecular weight excluding hydrogens is 290 g/mol. The third kappa shape index (κ3) is 3.56. The molecule has 0 heterocycles. The molecule has 0 aliphatic rings. The molecular formula is C16H16ClNOS. The zero-order chi connectivity index (χ0) is 14.5. The van der Waals surface area contributed by atoms with Crippen LogP contribution in [0.4, 0.5) is 0 Å². The molecule has 2 aromatic rings. The molecule has 0 radical (unpaired) electrons. The number of halogens is 1. The third-order valence-corrected chi connectivity index (χ3v) is 4.12. The van der Waals surface area contributed by atoms with E-state index in [1.807, 2.05) is 55.6 Å². The smallest absolute Gasteiger partial charge is 0.253 e. The highest BCUT2D eigenvalue weighted by Gasteiger charge is 2.14. The van der Waals surface area contributed by atoms with Crippen molar-refractivity contribution in [2.24, 2.45) is 0 Å². The minimum atomic E-state index is -0.151. The zero-order valence-corrected chi connectivity index (χ0v) is 13.0. The van der Waals surface area contributed by atoms with Crippen LogP contribution in [0.3, 0.4) is 0 Å². The number of benzene rings is 2. The van der Waals surface area contributed by atoms with Crippen molar-refractivity contribution in [3.05, 3.63) is 64.7 Å². The maximum Gasteiger partial charge on any atom is 0.253 e. The molecule has 0 saturated heterocycles. The lowest BCUT2D eigenvalue weighted by Gasteiger charge is -2.15. The van der Waals surface area contributed by atoms with Crippen molar-refractivity contribution >= 4 is 29.3 Å². The monoisotopic (exact) mass is 305 g/mol. The first-order valence-corrected chi connectivity index (χ1v) is 7.91. The number of carbonyl (C=O) groups excluding carboxylic acids is 1. The van der Waals surface area contributed by atoms with Crippen LogP contribution < -0.4 is 5.32 Å². The van der Waals surface area contributed by atoms with Gasteiger partial charge in [-0.05, 0) is 36.9 Å². The second kappa shape index (κ2) is 6.82. The number of rotatable bonds is 4. The van der Waals surface area contributed by atoms with E-state index >= 15 is 0 Å². The van der Waals surface area contributed by atoms with Gasteiger partial charge in [0.15, 0.2) is 0 Å². The van der Waals surface area contributed by atoms with Crippen LogP contribution in [-0.4, -0.2) is 12.2 Å². The topological polar surface area (TPSA) is 29.1 Å². The third-order valence-electron chi connectivity index (χ3n) is 3.07. The molecule has 0 aromatic heterocycles. The van der Waals surface area contributed by atoms with Gasteiger partial charge in [0, 0.05) is 4.90 Å². The normalized spacial score (nSPS) is 11.9. The summed E-state index contributed by atoms with van der Waals surface area (Å²) in [4.78, 5) is 13.3. The predicted octanol–water partition coefficient (Wildman–Crippen LogP) is 4.55. The number of thioether (sulfide) groups is 1. The van der Waals surface area contributed by atoms with E-state index in [0.717, 1.165) is 10.5 Å². The van der Waals surface area contributed by atoms with Gasteiger partial charge in [-0.25, -0.2) is 0 Å². The fourth-order valence-corrected chi connectivity index (χ4v) is 2.55. The molecule has 0 aliphatic heterocycles. The summed E-state index contributed by atoms with van der Waals surface area (Å²) in [6, 6.07) is 15.3. The highest BCUT2D eigenvalue weighted by atomic mass is 35.5. The summed E-state index contributed by atoms with van der Waals surface area (Å²) in [5.41, 5.74) is 1.58. The summed E-state index contributed by atoms with van der Waals surface area (Å²) < 4.78 is 0. The quantitative estimate of drug-likeness (QED) is 0.839. The highest BCUT2D eigenvalue weighted by molar-refractivity contribution is 7.98. The van der Waals surface area contributed by atoms with Crippen molar-refractivity contribution in [1.29, 1.82) is 0 Å². The Labute approximate surface area is 128 Å². The second-order valence-electron chi connectivity index (χ2n) is 4.45. The Morgan fingerprint density at radius 3 is 2.55 bits per heavy atom. The van der Waals surface area contributed by atoms with E-state index in [1.54, 1.807) is 17.8 Å². The van der Waals surface area contributed by atoms with Gasteiger partial charge in [0.05, 0.1) is 16.6 Å². The molecule has 0 bridgehead atoms. The summed E-state index contributed by atoms with van der Waals surface area (Å²) in [6.07, 6.45) is 1.97. The molecule has 1 unspecified atom stereocenters. The van der Waals surface area contributed by atoms with Crippen LogP contribution in [0.25, 0.3) is 0 Å². The van der Waals surface area contributed by atoms with Crippen LogP contribution in [0.1, 0.15) is 28.9 Å². The standard InChI is InChI=1S/C16H16ClNOS/c1-11(12-6-4-3-5-7-12)18-16(19)14-10-13(20-2)8-9-15(14)17/h3-11H,1-2H3,(H,18,19). The van der Waals surface area contributed by atoms with Gasteiger partial charge in [0.1, 0.15) is 0 Å². The Morgan fingerprint density at radius 2 is 1.90 bits per heavy atom. The Bertz CT molecular complexity index is 601. The molecule has 20 heavy (non-hydrogen) atoms. The zero-order valence-electron chi connectivity index (χ0n) is 11.4. The summed E-state index contributed by atoms with van der Waals surface area (Å²) in [7, 11) is 0. The number of carbonyl (C=O) groups is 1. The lowest BCUT2D eigenvalue weighted by atomic mass is 10.1. The first-order chi connectivity index (χ1) is 9.61. The van der Waals surface area contributed by atoms with Crippen LogP contribution in [0, 0.1) is 0 Å². The van der Waals surface area contributed by atoms with Gasteiger partial charge < -0.3 is 5.32 Å². The van der Waals surface area contributed by atoms with Crippen molar-refractivity contribution in [2.75, 3.05) is 6.26 Å². The molecule has 2 aromatic carbocycles. The number of nitrogens with one attached hydrogen (secondary N) is 1. The van der Waals surface area contributed by atoms with E-state index in [2.05, 4.69) is 5.32 Å². The summed E-state index contributed by atoms with van der Waals surface area (Å²) in [5, 5.41) is 3.44. The molecule has 0 spiro atoms. The van der Waals surface area contributed by atoms with E-state index < -0.39 is 0 Å². The van der Waals surface area contributed by atoms with Crippen molar-refractivity contribution in [1.82, 2.24) is 5.32 Å². The Balaban J connectivity index is 2.16. The van der Waals surface area contributed by atoms with Crippen LogP contribution in [0.5, 0.6) is 0 Å². The van der Waals surface area contributed by atoms with Gasteiger partial charge >= 0.3 is 0 Å². The minimum Gasteiger partial charge on any atom is -0.345 e. The van der Waals surface area contributed by atoms with Gasteiger partial charge in [0.2, 0.25) is 0 Å². The van der Waals surface area contributed by atoms with E-state index in [0.29, 0.717) is 10.6 Å². The van der Waals surface area contributed by atoms with E-state index in [-0.39, 0.29) is 11.9 Å². The van der Waals surface area contributed by atoms with Crippen LogP contribution in [-0.2, 0) is 0 Å². The molecule has 2 rings (SSSR count). The van der Waals surface area contributed by atoms with Crippen LogP contribution in [0.15, 0.2) is 53.4 Å². The van der Waals surface area contributed by atoms with Gasteiger partial charge in [-0.1, -0.05) is 41.9 Å². The van der Waals surface area contributed by atoms with Gasteiger partial charge in [-0.3, -0.25) is 4.79 Å². The average molecular weight is 306 g/mol. The molecule has 1 amide bonds. The fourth-order valence-electron chi connectivity index (χ4n) is 1.90. The van der Waals surface area contributed by atoms with Gasteiger partial charge in [0.25, 0.3) is 5.91 Å². The van der Waals surface area contributed by atoms with E-state index in [1.165, 1.54) is 0 Å². The Kier molecular flexibility index (Phi) is 5.10. The number of hydrogen-bond donors (Lipinski definition) is 1. The molecule has 0 saturated carbocycles. The van der Waals surface area contributed by atoms with Crippen molar-refractivity contribution in [3.63, 3.8) is 0 Å². The maximum absolute atomic E-state index is 12.3. The van der Waals surface area contributed by atoms with Crippen molar-refractivity contribution < 1.29 is 4.79 Å². The molecule has 2 nitrogen and oxygen atoms in total. The first-order valence-electron chi connectivity index (χ1n) is 6.31. The van der Waals surface area contributed by atoms with E-state index in [4.69, 9.17) is 11.6 Å². The SMILES string of the molecule is CSc1ccc(Cl)c(C(=O)NC(C)c2ccccc2)c1. The largest absolute Gasteiger partial charge is 0.345 e. The fraction of sp³-hybridized carbons (Fsp3) is 0.188. The molecule has 0 aliphatic carbocycles. The second-order valence-corrected chi connectivity index (χ2v) is 5.74. The number of hydrogen-bond acceptors (Lipinski definition) is 2. The van der Waals surface area contributed by atoms with Gasteiger partial charge in [-0.15, -0.1) is 11.8 Å². The maximum atomic E-state index is 12.3. The molecule has 1 atom stereocenters. The highest BCUT2D eigenvalue weighted by Crippen LogP contribution is 2.23. The molecule has 1 N–H and O–H groups in total. The van der Waals surface area contributed by atoms with Crippen LogP contribution in [0.2, 0.25) is 5.02 Å². The average Bonchev–Trinajstić information content (AvgIpc) is 2.48. The first kappa shape index (κ1) is 14.9. The Hall–Kier alpha value is -1.45. The summed E-state index contributed by atoms with van der Waals surface area (Å²) >= 11 is 7.69.